The molecule has 1 N–H and O–H groups in total. The van der Waals surface area contributed by atoms with E-state index in [1.54, 1.807) is 7.11 Å². The molecule has 0 saturated heterocycles. The van der Waals surface area contributed by atoms with Crippen molar-refractivity contribution >= 4 is 29.3 Å². The third-order valence-corrected chi connectivity index (χ3v) is 5.05. The van der Waals surface area contributed by atoms with E-state index in [2.05, 4.69) is 15.5 Å². The Morgan fingerprint density at radius 1 is 1.22 bits per heavy atom. The molecule has 2 aromatic carbocycles. The smallest absolute Gasteiger partial charge is 0.246 e. The third-order valence-electron chi connectivity index (χ3n) is 3.70. The fourth-order valence-corrected chi connectivity index (χ4v) is 3.42. The molecule has 1 heterocycles. The number of hydrogen-bond donors (Lipinski definition) is 1. The van der Waals surface area contributed by atoms with Gasteiger partial charge >= 0.3 is 0 Å². The molecular formula is C19H18ClN3O3S. The molecular weight excluding hydrogens is 386 g/mol. The summed E-state index contributed by atoms with van der Waals surface area (Å²) in [4.78, 5) is 16.3. The van der Waals surface area contributed by atoms with Gasteiger partial charge in [-0.2, -0.15) is 4.98 Å². The lowest BCUT2D eigenvalue weighted by Gasteiger charge is -2.04. The molecule has 0 aliphatic rings. The first kappa shape index (κ1) is 19.3. The van der Waals surface area contributed by atoms with Crippen LogP contribution in [0.4, 0.5) is 0 Å². The van der Waals surface area contributed by atoms with E-state index >= 15 is 0 Å². The zero-order valence-electron chi connectivity index (χ0n) is 14.6. The summed E-state index contributed by atoms with van der Waals surface area (Å²) >= 11 is 7.60. The molecule has 3 aromatic rings. The highest BCUT2D eigenvalue weighted by molar-refractivity contribution is 7.99. The lowest BCUT2D eigenvalue weighted by Crippen LogP contribution is -2.24. The predicted molar refractivity (Wildman–Crippen MR) is 106 cm³/mol. The Morgan fingerprint density at radius 3 is 2.74 bits per heavy atom. The second kappa shape index (κ2) is 9.43. The lowest BCUT2D eigenvalue weighted by atomic mass is 10.2. The van der Waals surface area contributed by atoms with E-state index in [-0.39, 0.29) is 12.5 Å². The Hall–Kier alpha value is -2.51. The van der Waals surface area contributed by atoms with Crippen molar-refractivity contribution in [2.45, 2.75) is 12.3 Å². The van der Waals surface area contributed by atoms with Crippen LogP contribution in [0.3, 0.4) is 0 Å². The van der Waals surface area contributed by atoms with Gasteiger partial charge in [0.1, 0.15) is 5.75 Å². The number of carbonyl (C=O) groups excluding carboxylic acids is 1. The highest BCUT2D eigenvalue weighted by Gasteiger charge is 2.10. The number of nitrogens with one attached hydrogen (secondary N) is 1. The Morgan fingerprint density at radius 2 is 2.00 bits per heavy atom. The summed E-state index contributed by atoms with van der Waals surface area (Å²) in [5.41, 5.74) is 1.82. The lowest BCUT2D eigenvalue weighted by molar-refractivity contribution is -0.118. The van der Waals surface area contributed by atoms with Crippen molar-refractivity contribution < 1.29 is 14.1 Å². The van der Waals surface area contributed by atoms with Gasteiger partial charge in [-0.3, -0.25) is 4.79 Å². The molecule has 1 aromatic heterocycles. The maximum Gasteiger partial charge on any atom is 0.246 e. The van der Waals surface area contributed by atoms with E-state index in [1.165, 1.54) is 11.8 Å². The molecule has 6 nitrogen and oxygen atoms in total. The summed E-state index contributed by atoms with van der Waals surface area (Å²) in [6.07, 6.45) is 0. The fourth-order valence-electron chi connectivity index (χ4n) is 2.28. The average Bonchev–Trinajstić information content (AvgIpc) is 3.17. The van der Waals surface area contributed by atoms with Gasteiger partial charge in [-0.05, 0) is 35.9 Å². The molecule has 8 heteroatoms. The first-order valence-corrected chi connectivity index (χ1v) is 9.74. The first-order valence-electron chi connectivity index (χ1n) is 8.20. The van der Waals surface area contributed by atoms with Crippen molar-refractivity contribution in [3.8, 4) is 17.1 Å². The summed E-state index contributed by atoms with van der Waals surface area (Å²) in [6.45, 7) is 0.189. The van der Waals surface area contributed by atoms with Crippen LogP contribution in [0.5, 0.6) is 5.75 Å². The Balaban J connectivity index is 1.45. The maximum absolute atomic E-state index is 12.0. The SMILES string of the molecule is COc1ccc(-c2noc(CNC(=O)CSCc3ccccc3Cl)n2)cc1. The van der Waals surface area contributed by atoms with Crippen molar-refractivity contribution in [2.24, 2.45) is 0 Å². The van der Waals surface area contributed by atoms with Gasteiger partial charge in [0.2, 0.25) is 17.6 Å². The number of benzene rings is 2. The molecule has 3 rings (SSSR count). The van der Waals surface area contributed by atoms with Crippen LogP contribution in [0.2, 0.25) is 5.02 Å². The van der Waals surface area contributed by atoms with Crippen LogP contribution in [-0.2, 0) is 17.1 Å². The number of thioether (sulfide) groups is 1. The van der Waals surface area contributed by atoms with Crippen LogP contribution < -0.4 is 10.1 Å². The zero-order chi connectivity index (χ0) is 19.1. The normalized spacial score (nSPS) is 10.6. The van der Waals surface area contributed by atoms with E-state index in [0.29, 0.717) is 28.2 Å². The number of amides is 1. The fraction of sp³-hybridized carbons (Fsp3) is 0.211. The van der Waals surface area contributed by atoms with E-state index < -0.39 is 0 Å². The van der Waals surface area contributed by atoms with Gasteiger partial charge in [-0.15, -0.1) is 11.8 Å². The first-order chi connectivity index (χ1) is 13.2. The van der Waals surface area contributed by atoms with Crippen LogP contribution in [-0.4, -0.2) is 28.9 Å². The van der Waals surface area contributed by atoms with E-state index in [1.807, 2.05) is 48.5 Å². The van der Waals surface area contributed by atoms with Gasteiger partial charge in [0.15, 0.2) is 0 Å². The molecule has 0 bridgehead atoms. The maximum atomic E-state index is 12.0. The van der Waals surface area contributed by atoms with E-state index in [4.69, 9.17) is 20.9 Å². The summed E-state index contributed by atoms with van der Waals surface area (Å²) in [5, 5.41) is 7.42. The van der Waals surface area contributed by atoms with Gasteiger partial charge < -0.3 is 14.6 Å². The molecule has 27 heavy (non-hydrogen) atoms. The van der Waals surface area contributed by atoms with Gasteiger partial charge in [-0.25, -0.2) is 0 Å². The number of rotatable bonds is 8. The number of carbonyl (C=O) groups is 1. The molecule has 0 fully saturated rings. The second-order valence-corrected chi connectivity index (χ2v) is 6.99. The number of ether oxygens (including phenoxy) is 1. The average molecular weight is 404 g/mol. The summed E-state index contributed by atoms with van der Waals surface area (Å²) in [6, 6.07) is 14.9. The minimum absolute atomic E-state index is 0.101. The molecule has 1 amide bonds. The minimum atomic E-state index is -0.101. The van der Waals surface area contributed by atoms with Crippen LogP contribution in [0.15, 0.2) is 53.1 Å². The minimum Gasteiger partial charge on any atom is -0.497 e. The Labute approximate surface area is 166 Å². The molecule has 0 saturated carbocycles. The van der Waals surface area contributed by atoms with Crippen molar-refractivity contribution in [3.63, 3.8) is 0 Å². The number of hydrogen-bond acceptors (Lipinski definition) is 6. The molecule has 0 aliphatic heterocycles. The number of halogens is 1. The van der Waals surface area contributed by atoms with Crippen molar-refractivity contribution in [2.75, 3.05) is 12.9 Å². The van der Waals surface area contributed by atoms with Crippen LogP contribution in [0, 0.1) is 0 Å². The topological polar surface area (TPSA) is 77.3 Å². The van der Waals surface area contributed by atoms with E-state index in [9.17, 15) is 4.79 Å². The number of methoxy groups -OCH3 is 1. The highest BCUT2D eigenvalue weighted by Crippen LogP contribution is 2.21. The quantitative estimate of drug-likeness (QED) is 0.613. The second-order valence-electron chi connectivity index (χ2n) is 5.60. The van der Waals surface area contributed by atoms with Crippen LogP contribution in [0.25, 0.3) is 11.4 Å². The van der Waals surface area contributed by atoms with Crippen molar-refractivity contribution in [1.29, 1.82) is 0 Å². The summed E-state index contributed by atoms with van der Waals surface area (Å²) in [7, 11) is 1.61. The van der Waals surface area contributed by atoms with Gasteiger partial charge in [-0.1, -0.05) is 35.0 Å². The highest BCUT2D eigenvalue weighted by atomic mass is 35.5. The Bertz CT molecular complexity index is 899. The molecule has 0 unspecified atom stereocenters. The molecule has 0 atom stereocenters. The Kier molecular flexibility index (Phi) is 6.73. The van der Waals surface area contributed by atoms with Crippen LogP contribution >= 0.6 is 23.4 Å². The zero-order valence-corrected chi connectivity index (χ0v) is 16.2. The number of nitrogens with zero attached hydrogens (tertiary/aromatic N) is 2. The summed E-state index contributed by atoms with van der Waals surface area (Å²) < 4.78 is 10.3. The van der Waals surface area contributed by atoms with E-state index in [0.717, 1.165) is 16.9 Å². The standard InChI is InChI=1S/C19H18ClN3O3S/c1-25-15-8-6-13(7-9-15)19-22-18(26-23-19)10-21-17(24)12-27-11-14-4-2-3-5-16(14)20/h2-9H,10-12H2,1H3,(H,21,24). The monoisotopic (exact) mass is 403 g/mol. The third kappa shape index (κ3) is 5.48. The van der Waals surface area contributed by atoms with Crippen molar-refractivity contribution in [1.82, 2.24) is 15.5 Å². The molecule has 0 spiro atoms. The molecule has 140 valence electrons. The molecule has 0 radical (unpaired) electrons. The van der Waals surface area contributed by atoms with Gasteiger partial charge in [0.25, 0.3) is 0 Å². The van der Waals surface area contributed by atoms with Crippen molar-refractivity contribution in [3.05, 3.63) is 65.0 Å². The van der Waals surface area contributed by atoms with Crippen LogP contribution in [0.1, 0.15) is 11.5 Å². The van der Waals surface area contributed by atoms with Gasteiger partial charge in [0.05, 0.1) is 19.4 Å². The van der Waals surface area contributed by atoms with Gasteiger partial charge in [0, 0.05) is 16.3 Å². The summed E-state index contributed by atoms with van der Waals surface area (Å²) in [5.74, 6) is 2.47. The number of aromatic nitrogens is 2. The largest absolute Gasteiger partial charge is 0.497 e. The molecule has 0 aliphatic carbocycles. The predicted octanol–water partition coefficient (Wildman–Crippen LogP) is 3.95.